The van der Waals surface area contributed by atoms with Crippen molar-refractivity contribution < 1.29 is 8.42 Å². The number of hydrogen-bond donors (Lipinski definition) is 2. The minimum Gasteiger partial charge on any atom is -0.383 e. The highest BCUT2D eigenvalue weighted by atomic mass is 32.2. The third-order valence-electron chi connectivity index (χ3n) is 2.84. The minimum absolute atomic E-state index is 0.0131. The van der Waals surface area contributed by atoms with Gasteiger partial charge in [-0.05, 0) is 19.2 Å². The van der Waals surface area contributed by atoms with Crippen LogP contribution < -0.4 is 10.6 Å². The van der Waals surface area contributed by atoms with Crippen molar-refractivity contribution in [2.75, 3.05) is 39.0 Å². The fourth-order valence-electron chi connectivity index (χ4n) is 1.75. The van der Waals surface area contributed by atoms with Gasteiger partial charge in [0.1, 0.15) is 10.7 Å². The van der Waals surface area contributed by atoms with E-state index in [1.54, 1.807) is 11.1 Å². The second kappa shape index (κ2) is 5.19. The van der Waals surface area contributed by atoms with Crippen LogP contribution in [-0.2, 0) is 10.0 Å². The largest absolute Gasteiger partial charge is 0.383 e. The molecule has 8 heteroatoms. The van der Waals surface area contributed by atoms with Gasteiger partial charge in [0.2, 0.25) is 0 Å². The highest BCUT2D eigenvalue weighted by Gasteiger charge is 2.23. The van der Waals surface area contributed by atoms with Crippen LogP contribution in [0.4, 0.5) is 5.82 Å². The summed E-state index contributed by atoms with van der Waals surface area (Å²) in [7, 11) is -1.63. The maximum Gasteiger partial charge on any atom is 0.257 e. The monoisotopic (exact) mass is 271 g/mol. The molecular formula is C10H17N5O2S. The van der Waals surface area contributed by atoms with E-state index in [0.717, 1.165) is 13.1 Å². The van der Waals surface area contributed by atoms with Crippen LogP contribution in [0.2, 0.25) is 0 Å². The van der Waals surface area contributed by atoms with Crippen LogP contribution in [0.1, 0.15) is 0 Å². The van der Waals surface area contributed by atoms with Gasteiger partial charge in [0.15, 0.2) is 0 Å². The maximum absolute atomic E-state index is 12.1. The number of nitrogens with one attached hydrogen (secondary N) is 1. The first kappa shape index (κ1) is 13.2. The summed E-state index contributed by atoms with van der Waals surface area (Å²) in [5.74, 6) is 0.0131. The summed E-state index contributed by atoms with van der Waals surface area (Å²) >= 11 is 0. The molecule has 0 unspecified atom stereocenters. The molecule has 1 aromatic rings. The number of likely N-dealkylation sites (N-methyl/N-ethyl adjacent to an activating group) is 1. The molecule has 18 heavy (non-hydrogen) atoms. The van der Waals surface area contributed by atoms with Gasteiger partial charge in [0.05, 0.1) is 0 Å². The van der Waals surface area contributed by atoms with E-state index in [-0.39, 0.29) is 10.7 Å². The van der Waals surface area contributed by atoms with E-state index in [9.17, 15) is 8.42 Å². The molecule has 2 heterocycles. The molecule has 1 aromatic heterocycles. The Morgan fingerprint density at radius 1 is 1.33 bits per heavy atom. The summed E-state index contributed by atoms with van der Waals surface area (Å²) in [5.41, 5.74) is 5.58. The van der Waals surface area contributed by atoms with Crippen molar-refractivity contribution in [2.24, 2.45) is 0 Å². The number of hydrogen-bond acceptors (Lipinski definition) is 6. The van der Waals surface area contributed by atoms with Crippen molar-refractivity contribution in [2.45, 2.75) is 4.90 Å². The number of nitrogen functional groups attached to an aromatic ring is 1. The van der Waals surface area contributed by atoms with Gasteiger partial charge >= 0.3 is 0 Å². The molecule has 0 saturated carbocycles. The predicted octanol–water partition coefficient (Wildman–Crippen LogP) is -0.895. The average Bonchev–Trinajstić information content (AvgIpc) is 2.32. The van der Waals surface area contributed by atoms with E-state index in [4.69, 9.17) is 5.73 Å². The zero-order chi connectivity index (χ0) is 13.2. The molecule has 1 aliphatic heterocycles. The second-order valence-electron chi connectivity index (χ2n) is 4.27. The fraction of sp³-hybridized carbons (Fsp3) is 0.500. The number of anilines is 1. The molecule has 3 N–H and O–H groups in total. The summed E-state index contributed by atoms with van der Waals surface area (Å²) in [6, 6.07) is 3.00. The summed E-state index contributed by atoms with van der Waals surface area (Å²) < 4.78 is 24.2. The van der Waals surface area contributed by atoms with Crippen LogP contribution in [-0.4, -0.2) is 56.5 Å². The van der Waals surface area contributed by atoms with Gasteiger partial charge in [-0.1, -0.05) is 0 Å². The van der Waals surface area contributed by atoms with Crippen LogP contribution >= 0.6 is 0 Å². The Hall–Kier alpha value is -1.22. The van der Waals surface area contributed by atoms with E-state index in [2.05, 4.69) is 14.7 Å². The topological polar surface area (TPSA) is 91.6 Å². The Bertz CT molecular complexity index is 511. The third-order valence-corrected chi connectivity index (χ3v) is 4.26. The minimum atomic E-state index is -3.64. The van der Waals surface area contributed by atoms with Gasteiger partial charge in [-0.2, -0.15) is 0 Å². The van der Waals surface area contributed by atoms with E-state index in [0.29, 0.717) is 13.1 Å². The Labute approximate surface area is 107 Å². The zero-order valence-electron chi connectivity index (χ0n) is 10.2. The summed E-state index contributed by atoms with van der Waals surface area (Å²) in [5, 5.41) is 1.68. The molecule has 2 rings (SSSR count). The number of rotatable bonds is 3. The fourth-order valence-corrected chi connectivity index (χ4v) is 2.95. The third kappa shape index (κ3) is 2.96. The number of nitrogens with two attached hydrogens (primary N) is 1. The molecule has 0 aliphatic carbocycles. The van der Waals surface area contributed by atoms with Gasteiger partial charge in [-0.15, -0.1) is 4.83 Å². The molecule has 1 fully saturated rings. The number of nitrogens with zero attached hydrogens (tertiary/aromatic N) is 3. The standard InChI is InChI=1S/C10H17N5O2S/c1-14-5-7-15(8-6-14)13-18(16,17)9-3-2-4-12-10(9)11/h2-4,13H,5-8H2,1H3,(H2,11,12). The first-order chi connectivity index (χ1) is 8.49. The van der Waals surface area contributed by atoms with Crippen LogP contribution in [0.3, 0.4) is 0 Å². The van der Waals surface area contributed by atoms with Gasteiger partial charge < -0.3 is 10.6 Å². The molecule has 0 aromatic carbocycles. The average molecular weight is 271 g/mol. The van der Waals surface area contributed by atoms with Crippen LogP contribution in [0, 0.1) is 0 Å². The van der Waals surface area contributed by atoms with Crippen molar-refractivity contribution >= 4 is 15.8 Å². The SMILES string of the molecule is CN1CCN(NS(=O)(=O)c2cccnc2N)CC1. The van der Waals surface area contributed by atoms with Gasteiger partial charge in [0.25, 0.3) is 10.0 Å². The Morgan fingerprint density at radius 3 is 2.61 bits per heavy atom. The van der Waals surface area contributed by atoms with Crippen molar-refractivity contribution in [1.82, 2.24) is 19.7 Å². The maximum atomic E-state index is 12.1. The lowest BCUT2D eigenvalue weighted by molar-refractivity contribution is 0.135. The van der Waals surface area contributed by atoms with E-state index in [1.165, 1.54) is 12.3 Å². The first-order valence-electron chi connectivity index (χ1n) is 5.65. The van der Waals surface area contributed by atoms with Gasteiger partial charge in [0, 0.05) is 32.4 Å². The van der Waals surface area contributed by atoms with E-state index >= 15 is 0 Å². The Kier molecular flexibility index (Phi) is 3.81. The summed E-state index contributed by atoms with van der Waals surface area (Å²) in [4.78, 5) is 8.47. The number of aromatic nitrogens is 1. The second-order valence-corrected chi connectivity index (χ2v) is 5.90. The van der Waals surface area contributed by atoms with Gasteiger partial charge in [-0.3, -0.25) is 0 Å². The summed E-state index contributed by atoms with van der Waals surface area (Å²) in [6.07, 6.45) is 1.46. The molecule has 100 valence electrons. The van der Waals surface area contributed by atoms with Crippen LogP contribution in [0.5, 0.6) is 0 Å². The quantitative estimate of drug-likeness (QED) is 0.740. The molecule has 0 bridgehead atoms. The molecule has 1 aliphatic rings. The molecule has 0 atom stereocenters. The van der Waals surface area contributed by atoms with E-state index < -0.39 is 10.0 Å². The lowest BCUT2D eigenvalue weighted by Crippen LogP contribution is -2.52. The molecule has 0 spiro atoms. The van der Waals surface area contributed by atoms with E-state index in [1.807, 2.05) is 7.05 Å². The van der Waals surface area contributed by atoms with Gasteiger partial charge in [-0.25, -0.2) is 18.4 Å². The van der Waals surface area contributed by atoms with Crippen LogP contribution in [0.15, 0.2) is 23.2 Å². The Balaban J connectivity index is 2.11. The number of hydrazine groups is 1. The molecule has 1 saturated heterocycles. The molecule has 7 nitrogen and oxygen atoms in total. The smallest absolute Gasteiger partial charge is 0.257 e. The molecule has 0 amide bonds. The lowest BCUT2D eigenvalue weighted by Gasteiger charge is -2.32. The molecule has 0 radical (unpaired) electrons. The first-order valence-corrected chi connectivity index (χ1v) is 7.14. The number of pyridine rings is 1. The van der Waals surface area contributed by atoms with Crippen molar-refractivity contribution in [3.63, 3.8) is 0 Å². The van der Waals surface area contributed by atoms with Crippen LogP contribution in [0.25, 0.3) is 0 Å². The Morgan fingerprint density at radius 2 is 2.00 bits per heavy atom. The van der Waals surface area contributed by atoms with Crippen molar-refractivity contribution in [3.8, 4) is 0 Å². The highest BCUT2D eigenvalue weighted by molar-refractivity contribution is 7.89. The van der Waals surface area contributed by atoms with Crippen molar-refractivity contribution in [3.05, 3.63) is 18.3 Å². The highest BCUT2D eigenvalue weighted by Crippen LogP contribution is 2.14. The van der Waals surface area contributed by atoms with Crippen molar-refractivity contribution in [1.29, 1.82) is 0 Å². The number of sulfonamides is 1. The lowest BCUT2D eigenvalue weighted by atomic mass is 10.4. The normalized spacial score (nSPS) is 18.9. The molecular weight excluding hydrogens is 254 g/mol. The zero-order valence-corrected chi connectivity index (χ0v) is 11.0. The number of piperazine rings is 1. The predicted molar refractivity (Wildman–Crippen MR) is 68.0 cm³/mol. The summed E-state index contributed by atoms with van der Waals surface area (Å²) in [6.45, 7) is 2.95.